The summed E-state index contributed by atoms with van der Waals surface area (Å²) in [7, 11) is 0. The number of aromatic nitrogens is 1. The van der Waals surface area contributed by atoms with E-state index in [9.17, 15) is 13.6 Å². The second-order valence-electron chi connectivity index (χ2n) is 7.03. The number of fused-ring (bicyclic) bond motifs is 1. The van der Waals surface area contributed by atoms with Crippen molar-refractivity contribution >= 4 is 22.5 Å². The number of anilines is 1. The number of halogens is 2. The van der Waals surface area contributed by atoms with Crippen molar-refractivity contribution in [3.63, 3.8) is 0 Å². The topological polar surface area (TPSA) is 51.2 Å². The summed E-state index contributed by atoms with van der Waals surface area (Å²) in [5, 5.41) is 3.64. The van der Waals surface area contributed by atoms with Gasteiger partial charge in [-0.2, -0.15) is 8.78 Å². The lowest BCUT2D eigenvalue weighted by Gasteiger charge is -2.17. The fourth-order valence-corrected chi connectivity index (χ4v) is 3.65. The molecule has 0 atom stereocenters. The Kier molecular flexibility index (Phi) is 5.89. The molecule has 1 amide bonds. The third-order valence-corrected chi connectivity index (χ3v) is 4.98. The predicted octanol–water partition coefficient (Wildman–Crippen LogP) is 5.99. The lowest BCUT2D eigenvalue weighted by molar-refractivity contribution is -0.115. The first-order chi connectivity index (χ1) is 15.0. The molecular weight excluding hydrogens is 398 g/mol. The number of nitrogens with zero attached hydrogens (tertiary/aromatic N) is 1. The molecule has 0 spiro atoms. The zero-order valence-electron chi connectivity index (χ0n) is 16.8. The standard InChI is InChI=1S/C25H20F2N2O2/c1-16-19(15-23(30)29-21-13-7-8-14-22(21)31-25(26)27)24(17-9-3-2-4-10-17)18-11-5-6-12-20(18)28-16/h2-14,25H,15H2,1H3,(H,29,30). The smallest absolute Gasteiger partial charge is 0.387 e. The lowest BCUT2D eigenvalue weighted by Crippen LogP contribution is -2.17. The number of alkyl halides is 2. The minimum absolute atomic E-state index is 0.0386. The summed E-state index contributed by atoms with van der Waals surface area (Å²) in [6, 6.07) is 23.7. The van der Waals surface area contributed by atoms with E-state index < -0.39 is 6.61 Å². The van der Waals surface area contributed by atoms with Crippen LogP contribution >= 0.6 is 0 Å². The van der Waals surface area contributed by atoms with Crippen LogP contribution in [0, 0.1) is 6.92 Å². The van der Waals surface area contributed by atoms with Gasteiger partial charge in [0.2, 0.25) is 5.91 Å². The number of carbonyl (C=O) groups is 1. The van der Waals surface area contributed by atoms with E-state index in [-0.39, 0.29) is 23.8 Å². The minimum atomic E-state index is -2.98. The first-order valence-corrected chi connectivity index (χ1v) is 9.80. The maximum Gasteiger partial charge on any atom is 0.387 e. The number of carbonyl (C=O) groups excluding carboxylic acids is 1. The first-order valence-electron chi connectivity index (χ1n) is 9.80. The molecule has 1 N–H and O–H groups in total. The van der Waals surface area contributed by atoms with Crippen molar-refractivity contribution in [3.8, 4) is 16.9 Å². The van der Waals surface area contributed by atoms with Crippen molar-refractivity contribution < 1.29 is 18.3 Å². The van der Waals surface area contributed by atoms with E-state index in [1.807, 2.05) is 61.5 Å². The Morgan fingerprint density at radius 1 is 0.968 bits per heavy atom. The maximum absolute atomic E-state index is 12.9. The third-order valence-electron chi connectivity index (χ3n) is 4.98. The molecule has 0 bridgehead atoms. The van der Waals surface area contributed by atoms with Gasteiger partial charge in [0.05, 0.1) is 17.6 Å². The molecule has 0 fully saturated rings. The average molecular weight is 418 g/mol. The van der Waals surface area contributed by atoms with Crippen LogP contribution in [0.2, 0.25) is 0 Å². The van der Waals surface area contributed by atoms with E-state index in [0.29, 0.717) is 0 Å². The van der Waals surface area contributed by atoms with E-state index in [4.69, 9.17) is 0 Å². The van der Waals surface area contributed by atoms with Gasteiger partial charge in [-0.05, 0) is 41.8 Å². The molecule has 0 radical (unpaired) electrons. The highest BCUT2D eigenvalue weighted by molar-refractivity contribution is 6.00. The highest BCUT2D eigenvalue weighted by atomic mass is 19.3. The van der Waals surface area contributed by atoms with Crippen molar-refractivity contribution in [1.82, 2.24) is 4.98 Å². The Bertz CT molecular complexity index is 1230. The number of hydrogen-bond acceptors (Lipinski definition) is 3. The van der Waals surface area contributed by atoms with E-state index in [2.05, 4.69) is 15.0 Å². The Hall–Kier alpha value is -3.80. The summed E-state index contributed by atoms with van der Waals surface area (Å²) >= 11 is 0. The number of ether oxygens (including phenoxy) is 1. The van der Waals surface area contributed by atoms with E-state index >= 15 is 0 Å². The predicted molar refractivity (Wildman–Crippen MR) is 117 cm³/mol. The number of hydrogen-bond donors (Lipinski definition) is 1. The van der Waals surface area contributed by atoms with Gasteiger partial charge in [0.25, 0.3) is 0 Å². The number of pyridine rings is 1. The van der Waals surface area contributed by atoms with Crippen LogP contribution in [0.15, 0.2) is 78.9 Å². The van der Waals surface area contributed by atoms with Gasteiger partial charge in [-0.3, -0.25) is 9.78 Å². The molecule has 3 aromatic carbocycles. The molecule has 4 rings (SSSR count). The lowest BCUT2D eigenvalue weighted by atomic mass is 9.92. The van der Waals surface area contributed by atoms with Crippen LogP contribution in [0.3, 0.4) is 0 Å². The Morgan fingerprint density at radius 3 is 2.42 bits per heavy atom. The number of nitrogens with one attached hydrogen (secondary N) is 1. The van der Waals surface area contributed by atoms with Crippen LogP contribution in [0.25, 0.3) is 22.0 Å². The van der Waals surface area contributed by atoms with Gasteiger partial charge in [-0.1, -0.05) is 60.7 Å². The fourth-order valence-electron chi connectivity index (χ4n) is 3.65. The molecular formula is C25H20F2N2O2. The van der Waals surface area contributed by atoms with Gasteiger partial charge < -0.3 is 10.1 Å². The van der Waals surface area contributed by atoms with Crippen molar-refractivity contribution in [3.05, 3.63) is 90.1 Å². The Labute approximate surface area is 178 Å². The molecule has 6 heteroatoms. The third kappa shape index (κ3) is 4.53. The number of para-hydroxylation sites is 3. The molecule has 0 aliphatic carbocycles. The van der Waals surface area contributed by atoms with Gasteiger partial charge in [0.1, 0.15) is 5.75 Å². The van der Waals surface area contributed by atoms with Crippen LogP contribution in [0.4, 0.5) is 14.5 Å². The minimum Gasteiger partial charge on any atom is -0.433 e. The SMILES string of the molecule is Cc1nc2ccccc2c(-c2ccccc2)c1CC(=O)Nc1ccccc1OC(F)F. The summed E-state index contributed by atoms with van der Waals surface area (Å²) in [4.78, 5) is 17.6. The molecule has 1 heterocycles. The summed E-state index contributed by atoms with van der Waals surface area (Å²) in [5.74, 6) is -0.426. The van der Waals surface area contributed by atoms with Gasteiger partial charge in [-0.25, -0.2) is 0 Å². The quantitative estimate of drug-likeness (QED) is 0.418. The van der Waals surface area contributed by atoms with E-state index in [1.54, 1.807) is 12.1 Å². The van der Waals surface area contributed by atoms with Crippen molar-refractivity contribution in [2.24, 2.45) is 0 Å². The fraction of sp³-hybridized carbons (Fsp3) is 0.120. The van der Waals surface area contributed by atoms with Crippen LogP contribution in [-0.2, 0) is 11.2 Å². The largest absolute Gasteiger partial charge is 0.433 e. The van der Waals surface area contributed by atoms with Crippen LogP contribution in [-0.4, -0.2) is 17.5 Å². The van der Waals surface area contributed by atoms with Crippen LogP contribution in [0.5, 0.6) is 5.75 Å². The van der Waals surface area contributed by atoms with Gasteiger partial charge in [0.15, 0.2) is 0 Å². The second-order valence-corrected chi connectivity index (χ2v) is 7.03. The molecule has 0 aliphatic rings. The average Bonchev–Trinajstić information content (AvgIpc) is 2.76. The van der Waals surface area contributed by atoms with Gasteiger partial charge >= 0.3 is 6.61 Å². The highest BCUT2D eigenvalue weighted by Gasteiger charge is 2.18. The van der Waals surface area contributed by atoms with Crippen molar-refractivity contribution in [1.29, 1.82) is 0 Å². The summed E-state index contributed by atoms with van der Waals surface area (Å²) in [5.41, 5.74) is 4.49. The summed E-state index contributed by atoms with van der Waals surface area (Å²) < 4.78 is 29.9. The van der Waals surface area contributed by atoms with Gasteiger partial charge in [0, 0.05) is 11.1 Å². The molecule has 4 nitrogen and oxygen atoms in total. The molecule has 0 saturated heterocycles. The number of rotatable bonds is 6. The maximum atomic E-state index is 12.9. The van der Waals surface area contributed by atoms with Crippen LogP contribution in [0.1, 0.15) is 11.3 Å². The molecule has 0 unspecified atom stereocenters. The van der Waals surface area contributed by atoms with Crippen LogP contribution < -0.4 is 10.1 Å². The normalized spacial score (nSPS) is 11.0. The second kappa shape index (κ2) is 8.92. The zero-order valence-corrected chi connectivity index (χ0v) is 16.8. The Morgan fingerprint density at radius 2 is 1.65 bits per heavy atom. The first kappa shape index (κ1) is 20.5. The highest BCUT2D eigenvalue weighted by Crippen LogP contribution is 2.34. The Balaban J connectivity index is 1.72. The van der Waals surface area contributed by atoms with E-state index in [0.717, 1.165) is 33.3 Å². The summed E-state index contributed by atoms with van der Waals surface area (Å²) in [6.45, 7) is -1.11. The molecule has 4 aromatic rings. The molecule has 156 valence electrons. The number of aryl methyl sites for hydroxylation is 1. The molecule has 0 aliphatic heterocycles. The van der Waals surface area contributed by atoms with Crippen molar-refractivity contribution in [2.45, 2.75) is 20.0 Å². The molecule has 0 saturated carbocycles. The van der Waals surface area contributed by atoms with Gasteiger partial charge in [-0.15, -0.1) is 0 Å². The summed E-state index contributed by atoms with van der Waals surface area (Å²) in [6.07, 6.45) is 0.0386. The number of amides is 1. The molecule has 31 heavy (non-hydrogen) atoms. The monoisotopic (exact) mass is 418 g/mol. The number of benzene rings is 3. The molecule has 1 aromatic heterocycles. The zero-order chi connectivity index (χ0) is 21.8. The van der Waals surface area contributed by atoms with Crippen molar-refractivity contribution in [2.75, 3.05) is 5.32 Å². The van der Waals surface area contributed by atoms with E-state index in [1.165, 1.54) is 12.1 Å².